The maximum atomic E-state index is 12.9. The highest BCUT2D eigenvalue weighted by Gasteiger charge is 2.32. The second-order valence-corrected chi connectivity index (χ2v) is 10.2. The first kappa shape index (κ1) is 19.4. The molecule has 0 saturated carbocycles. The summed E-state index contributed by atoms with van der Waals surface area (Å²) in [5.41, 5.74) is 2.85. The van der Waals surface area contributed by atoms with Gasteiger partial charge in [0.15, 0.2) is 0 Å². The van der Waals surface area contributed by atoms with Crippen LogP contribution in [0.4, 0.5) is 11.4 Å². The zero-order chi connectivity index (χ0) is 19.7. The molecule has 150 valence electrons. The van der Waals surface area contributed by atoms with Crippen LogP contribution in [0.15, 0.2) is 34.5 Å². The lowest BCUT2D eigenvalue weighted by atomic mass is 10.1. The summed E-state index contributed by atoms with van der Waals surface area (Å²) in [5, 5.41) is 4.57. The first-order chi connectivity index (χ1) is 13.5. The predicted octanol–water partition coefficient (Wildman–Crippen LogP) is 3.69. The largest absolute Gasteiger partial charge is 0.372 e. The van der Waals surface area contributed by atoms with Gasteiger partial charge in [0.05, 0.1) is 0 Å². The molecule has 0 spiro atoms. The van der Waals surface area contributed by atoms with Crippen molar-refractivity contribution < 1.29 is 13.2 Å². The summed E-state index contributed by atoms with van der Waals surface area (Å²) in [6.45, 7) is 5.15. The second kappa shape index (κ2) is 7.85. The van der Waals surface area contributed by atoms with E-state index in [0.29, 0.717) is 18.8 Å². The van der Waals surface area contributed by atoms with Crippen molar-refractivity contribution in [2.45, 2.75) is 37.5 Å². The van der Waals surface area contributed by atoms with Gasteiger partial charge in [0.25, 0.3) is 5.91 Å². The van der Waals surface area contributed by atoms with Crippen LogP contribution in [0.2, 0.25) is 0 Å². The Morgan fingerprint density at radius 1 is 1.04 bits per heavy atom. The van der Waals surface area contributed by atoms with E-state index in [9.17, 15) is 13.2 Å². The van der Waals surface area contributed by atoms with Gasteiger partial charge < -0.3 is 10.2 Å². The van der Waals surface area contributed by atoms with Gasteiger partial charge in [-0.2, -0.15) is 4.31 Å². The van der Waals surface area contributed by atoms with Crippen LogP contribution in [-0.2, 0) is 10.0 Å². The lowest BCUT2D eigenvalue weighted by Crippen LogP contribution is -2.29. The van der Waals surface area contributed by atoms with Gasteiger partial charge in [0.2, 0.25) is 10.0 Å². The van der Waals surface area contributed by atoms with Crippen LogP contribution in [0.3, 0.4) is 0 Å². The number of nitrogens with zero attached hydrogens (tertiary/aromatic N) is 2. The Kier molecular flexibility index (Phi) is 5.44. The van der Waals surface area contributed by atoms with Crippen LogP contribution in [0, 0.1) is 6.92 Å². The maximum Gasteiger partial charge on any atom is 0.267 e. The molecule has 1 aromatic carbocycles. The Morgan fingerprint density at radius 2 is 1.71 bits per heavy atom. The van der Waals surface area contributed by atoms with Crippen molar-refractivity contribution >= 4 is 38.6 Å². The third-order valence-corrected chi connectivity index (χ3v) is 8.43. The molecule has 0 bridgehead atoms. The average molecular weight is 420 g/mol. The maximum absolute atomic E-state index is 12.9. The standard InChI is InChI=1S/C20H25N3O3S2/c1-15-14-16(22-9-2-3-10-22)6-7-17(15)21-20(24)19-18(8-13-27-19)28(25,26)23-11-4-5-12-23/h6-8,13-14H,2-5,9-12H2,1H3,(H,21,24). The van der Waals surface area contributed by atoms with Crippen molar-refractivity contribution in [1.82, 2.24) is 4.31 Å². The molecule has 0 unspecified atom stereocenters. The molecule has 2 aromatic rings. The van der Waals surface area contributed by atoms with Crippen LogP contribution in [0.1, 0.15) is 40.9 Å². The Bertz CT molecular complexity index is 972. The third-order valence-electron chi connectivity index (χ3n) is 5.45. The Balaban J connectivity index is 1.54. The monoisotopic (exact) mass is 419 g/mol. The molecule has 1 aromatic heterocycles. The van der Waals surface area contributed by atoms with Crippen molar-refractivity contribution in [2.24, 2.45) is 0 Å². The number of aryl methyl sites for hydroxylation is 1. The van der Waals surface area contributed by atoms with E-state index < -0.39 is 10.0 Å². The number of carbonyl (C=O) groups excluding carboxylic acids is 1. The number of amides is 1. The summed E-state index contributed by atoms with van der Waals surface area (Å²) in [7, 11) is -3.61. The number of anilines is 2. The van der Waals surface area contributed by atoms with E-state index >= 15 is 0 Å². The van der Waals surface area contributed by atoms with Crippen LogP contribution in [0.5, 0.6) is 0 Å². The van der Waals surface area contributed by atoms with Gasteiger partial charge in [-0.1, -0.05) is 0 Å². The fourth-order valence-electron chi connectivity index (χ4n) is 3.87. The first-order valence-electron chi connectivity index (χ1n) is 9.71. The zero-order valence-electron chi connectivity index (χ0n) is 16.0. The van der Waals surface area contributed by atoms with Gasteiger partial charge in [-0.05, 0) is 67.8 Å². The quantitative estimate of drug-likeness (QED) is 0.802. The molecule has 0 atom stereocenters. The molecule has 2 saturated heterocycles. The number of benzene rings is 1. The van der Waals surface area contributed by atoms with E-state index in [-0.39, 0.29) is 15.7 Å². The summed E-state index contributed by atoms with van der Waals surface area (Å²) in [5.74, 6) is -0.371. The molecular formula is C20H25N3O3S2. The van der Waals surface area contributed by atoms with E-state index in [1.807, 2.05) is 19.1 Å². The number of carbonyl (C=O) groups is 1. The van der Waals surface area contributed by atoms with E-state index in [4.69, 9.17) is 0 Å². The van der Waals surface area contributed by atoms with E-state index in [1.165, 1.54) is 40.2 Å². The Hall–Kier alpha value is -1.90. The molecule has 4 rings (SSSR count). The number of sulfonamides is 1. The summed E-state index contributed by atoms with van der Waals surface area (Å²) in [6.07, 6.45) is 4.16. The number of nitrogens with one attached hydrogen (secondary N) is 1. The van der Waals surface area contributed by atoms with Crippen molar-refractivity contribution in [3.05, 3.63) is 40.1 Å². The molecular weight excluding hydrogens is 394 g/mol. The van der Waals surface area contributed by atoms with E-state index in [2.05, 4.69) is 16.3 Å². The smallest absolute Gasteiger partial charge is 0.267 e. The fourth-order valence-corrected chi connectivity index (χ4v) is 6.69. The molecule has 28 heavy (non-hydrogen) atoms. The van der Waals surface area contributed by atoms with Crippen molar-refractivity contribution in [3.63, 3.8) is 0 Å². The highest BCUT2D eigenvalue weighted by atomic mass is 32.2. The summed E-state index contributed by atoms with van der Waals surface area (Å²) in [6, 6.07) is 7.54. The number of hydrogen-bond donors (Lipinski definition) is 1. The zero-order valence-corrected chi connectivity index (χ0v) is 17.6. The lowest BCUT2D eigenvalue weighted by molar-refractivity contribution is 0.102. The molecule has 6 nitrogen and oxygen atoms in total. The van der Waals surface area contributed by atoms with Gasteiger partial charge in [-0.3, -0.25) is 4.79 Å². The minimum atomic E-state index is -3.61. The van der Waals surface area contributed by atoms with Crippen molar-refractivity contribution in [1.29, 1.82) is 0 Å². The normalized spacial score (nSPS) is 18.0. The highest BCUT2D eigenvalue weighted by molar-refractivity contribution is 7.89. The summed E-state index contributed by atoms with van der Waals surface area (Å²) >= 11 is 1.17. The minimum Gasteiger partial charge on any atom is -0.372 e. The van der Waals surface area contributed by atoms with Crippen LogP contribution in [-0.4, -0.2) is 44.8 Å². The second-order valence-electron chi connectivity index (χ2n) is 7.37. The molecule has 2 fully saturated rings. The van der Waals surface area contributed by atoms with Crippen LogP contribution >= 0.6 is 11.3 Å². The van der Waals surface area contributed by atoms with Gasteiger partial charge in [0, 0.05) is 37.6 Å². The molecule has 2 aliphatic rings. The summed E-state index contributed by atoms with van der Waals surface area (Å²) < 4.78 is 27.2. The van der Waals surface area contributed by atoms with Gasteiger partial charge in [0.1, 0.15) is 9.77 Å². The molecule has 2 aliphatic heterocycles. The van der Waals surface area contributed by atoms with E-state index in [0.717, 1.165) is 31.5 Å². The topological polar surface area (TPSA) is 69.7 Å². The predicted molar refractivity (Wildman–Crippen MR) is 113 cm³/mol. The van der Waals surface area contributed by atoms with Crippen molar-refractivity contribution in [3.8, 4) is 0 Å². The molecule has 0 aliphatic carbocycles. The van der Waals surface area contributed by atoms with Crippen molar-refractivity contribution in [2.75, 3.05) is 36.4 Å². The fraction of sp³-hybridized carbons (Fsp3) is 0.450. The molecule has 1 N–H and O–H groups in total. The first-order valence-corrected chi connectivity index (χ1v) is 12.0. The molecule has 3 heterocycles. The minimum absolute atomic E-state index is 0.114. The lowest BCUT2D eigenvalue weighted by Gasteiger charge is -2.19. The van der Waals surface area contributed by atoms with Crippen LogP contribution < -0.4 is 10.2 Å². The number of rotatable bonds is 5. The van der Waals surface area contributed by atoms with E-state index in [1.54, 1.807) is 5.38 Å². The van der Waals surface area contributed by atoms with Gasteiger partial charge in [-0.25, -0.2) is 8.42 Å². The Labute approximate surface area is 170 Å². The summed E-state index contributed by atoms with van der Waals surface area (Å²) in [4.78, 5) is 15.6. The molecule has 1 amide bonds. The number of thiophene rings is 1. The number of hydrogen-bond acceptors (Lipinski definition) is 5. The van der Waals surface area contributed by atoms with Gasteiger partial charge >= 0.3 is 0 Å². The SMILES string of the molecule is Cc1cc(N2CCCC2)ccc1NC(=O)c1sccc1S(=O)(=O)N1CCCC1. The molecule has 8 heteroatoms. The van der Waals surface area contributed by atoms with Crippen LogP contribution in [0.25, 0.3) is 0 Å². The average Bonchev–Trinajstić information content (AvgIpc) is 3.44. The highest BCUT2D eigenvalue weighted by Crippen LogP contribution is 2.30. The van der Waals surface area contributed by atoms with Gasteiger partial charge in [-0.15, -0.1) is 11.3 Å². The molecule has 0 radical (unpaired) electrons. The third kappa shape index (κ3) is 3.68. The Morgan fingerprint density at radius 3 is 2.39 bits per heavy atom.